The van der Waals surface area contributed by atoms with E-state index in [4.69, 9.17) is 0 Å². The minimum atomic E-state index is -0.265. The number of ketones is 1. The molecule has 0 unspecified atom stereocenters. The molecule has 3 heterocycles. The van der Waals surface area contributed by atoms with Crippen LogP contribution in [0.5, 0.6) is 0 Å². The third kappa shape index (κ3) is 2.05. The molecule has 4 rings (SSSR count). The Kier molecular flexibility index (Phi) is 3.09. The van der Waals surface area contributed by atoms with Crippen LogP contribution in [0.15, 0.2) is 41.6 Å². The van der Waals surface area contributed by atoms with E-state index in [0.29, 0.717) is 16.6 Å². The molecule has 3 aromatic heterocycles. The summed E-state index contributed by atoms with van der Waals surface area (Å²) in [4.78, 5) is 32.7. The van der Waals surface area contributed by atoms with Crippen molar-refractivity contribution in [3.05, 3.63) is 58.4 Å². The number of hydrogen-bond donors (Lipinski definition) is 1. The molecule has 0 atom stereocenters. The van der Waals surface area contributed by atoms with E-state index in [1.54, 1.807) is 7.05 Å². The molecule has 0 fully saturated rings. The molecule has 1 N–H and O–H groups in total. The van der Waals surface area contributed by atoms with Crippen molar-refractivity contribution < 1.29 is 4.79 Å². The van der Waals surface area contributed by atoms with Crippen LogP contribution in [0.3, 0.4) is 0 Å². The van der Waals surface area contributed by atoms with Gasteiger partial charge in [0, 0.05) is 29.2 Å². The Bertz CT molecular complexity index is 1150. The van der Waals surface area contributed by atoms with E-state index in [1.165, 1.54) is 21.8 Å². The lowest BCUT2D eigenvalue weighted by Crippen LogP contribution is -2.24. The Balaban J connectivity index is 1.78. The lowest BCUT2D eigenvalue weighted by molar-refractivity contribution is 0.0971. The van der Waals surface area contributed by atoms with E-state index in [9.17, 15) is 9.59 Å². The van der Waals surface area contributed by atoms with Gasteiger partial charge < -0.3 is 4.98 Å². The number of Topliss-reactive ketones (excluding diaryl/α,β-unsaturated/α-hetero) is 1. The van der Waals surface area contributed by atoms with Gasteiger partial charge in [0.2, 0.25) is 0 Å². The molecule has 24 heavy (non-hydrogen) atoms. The Labute approximate surface area is 136 Å². The molecule has 0 aliphatic carbocycles. The molecule has 0 spiro atoms. The predicted octanol–water partition coefficient (Wildman–Crippen LogP) is 1.80. The molecular formula is C17H15N5O2. The summed E-state index contributed by atoms with van der Waals surface area (Å²) in [7, 11) is 1.72. The van der Waals surface area contributed by atoms with Crippen LogP contribution in [0.4, 0.5) is 0 Å². The maximum atomic E-state index is 12.8. The molecule has 0 saturated carbocycles. The summed E-state index contributed by atoms with van der Waals surface area (Å²) in [5, 5.41) is 5.30. The number of fused-ring (bicyclic) bond motifs is 2. The standard InChI is InChI=1S/C17H15N5O2/c1-10-15(11-5-3-4-6-13(11)20-10)14(23)8-22-9-18-16-12(17(22)24)7-19-21(16)2/h3-7,9,20H,8H2,1-2H3. The molecule has 7 nitrogen and oxygen atoms in total. The number of carbonyl (C=O) groups is 1. The van der Waals surface area contributed by atoms with Crippen LogP contribution in [-0.4, -0.2) is 30.1 Å². The van der Waals surface area contributed by atoms with Crippen molar-refractivity contribution in [1.82, 2.24) is 24.3 Å². The van der Waals surface area contributed by atoms with Crippen LogP contribution in [0, 0.1) is 6.92 Å². The highest BCUT2D eigenvalue weighted by atomic mass is 16.1. The number of benzene rings is 1. The second kappa shape index (κ2) is 5.16. The summed E-state index contributed by atoms with van der Waals surface area (Å²) >= 11 is 0. The van der Waals surface area contributed by atoms with E-state index < -0.39 is 0 Å². The molecule has 0 saturated heterocycles. The van der Waals surface area contributed by atoms with Gasteiger partial charge in [0.1, 0.15) is 11.7 Å². The first-order valence-corrected chi connectivity index (χ1v) is 7.54. The highest BCUT2D eigenvalue weighted by Gasteiger charge is 2.17. The first-order chi connectivity index (χ1) is 11.6. The lowest BCUT2D eigenvalue weighted by atomic mass is 10.1. The Morgan fingerprint density at radius 1 is 1.25 bits per heavy atom. The number of carbonyl (C=O) groups excluding carboxylic acids is 1. The van der Waals surface area contributed by atoms with Gasteiger partial charge >= 0.3 is 0 Å². The van der Waals surface area contributed by atoms with Crippen LogP contribution in [0.2, 0.25) is 0 Å². The number of nitrogens with zero attached hydrogens (tertiary/aromatic N) is 4. The molecule has 7 heteroatoms. The molecule has 0 aliphatic rings. The number of hydrogen-bond acceptors (Lipinski definition) is 4. The first kappa shape index (κ1) is 14.4. The van der Waals surface area contributed by atoms with Crippen molar-refractivity contribution in [3.8, 4) is 0 Å². The zero-order valence-corrected chi connectivity index (χ0v) is 13.3. The fraction of sp³-hybridized carbons (Fsp3) is 0.176. The number of aromatic nitrogens is 5. The summed E-state index contributed by atoms with van der Waals surface area (Å²) in [6.45, 7) is 1.80. The zero-order chi connectivity index (χ0) is 16.8. The number of H-pyrrole nitrogens is 1. The quantitative estimate of drug-likeness (QED) is 0.583. The van der Waals surface area contributed by atoms with Crippen molar-refractivity contribution in [3.63, 3.8) is 0 Å². The fourth-order valence-corrected chi connectivity index (χ4v) is 3.05. The van der Waals surface area contributed by atoms with E-state index in [0.717, 1.165) is 16.6 Å². The van der Waals surface area contributed by atoms with Crippen LogP contribution in [0.1, 0.15) is 16.1 Å². The summed E-state index contributed by atoms with van der Waals surface area (Å²) in [6.07, 6.45) is 2.87. The molecular weight excluding hydrogens is 306 g/mol. The first-order valence-electron chi connectivity index (χ1n) is 7.54. The maximum absolute atomic E-state index is 12.8. The van der Waals surface area contributed by atoms with Gasteiger partial charge in [-0.1, -0.05) is 18.2 Å². The second-order valence-electron chi connectivity index (χ2n) is 5.78. The minimum Gasteiger partial charge on any atom is -0.358 e. The lowest BCUT2D eigenvalue weighted by Gasteiger charge is -2.05. The molecule has 0 bridgehead atoms. The van der Waals surface area contributed by atoms with Crippen LogP contribution in [0.25, 0.3) is 21.9 Å². The maximum Gasteiger partial charge on any atom is 0.264 e. The highest BCUT2D eigenvalue weighted by Crippen LogP contribution is 2.22. The number of aromatic amines is 1. The Morgan fingerprint density at radius 3 is 2.88 bits per heavy atom. The zero-order valence-electron chi connectivity index (χ0n) is 13.3. The highest BCUT2D eigenvalue weighted by molar-refractivity contribution is 6.09. The Hall–Kier alpha value is -3.22. The van der Waals surface area contributed by atoms with Crippen molar-refractivity contribution >= 4 is 27.7 Å². The summed E-state index contributed by atoms with van der Waals surface area (Å²) in [5.41, 5.74) is 2.56. The third-order valence-electron chi connectivity index (χ3n) is 4.20. The molecule has 0 radical (unpaired) electrons. The molecule has 120 valence electrons. The van der Waals surface area contributed by atoms with Crippen molar-refractivity contribution in [2.45, 2.75) is 13.5 Å². The predicted molar refractivity (Wildman–Crippen MR) is 90.1 cm³/mol. The smallest absolute Gasteiger partial charge is 0.264 e. The normalized spacial score (nSPS) is 11.4. The fourth-order valence-electron chi connectivity index (χ4n) is 3.05. The third-order valence-corrected chi connectivity index (χ3v) is 4.20. The van der Waals surface area contributed by atoms with Crippen molar-refractivity contribution in [2.24, 2.45) is 7.05 Å². The van der Waals surface area contributed by atoms with Crippen molar-refractivity contribution in [1.29, 1.82) is 0 Å². The van der Waals surface area contributed by atoms with E-state index in [2.05, 4.69) is 15.1 Å². The van der Waals surface area contributed by atoms with Crippen molar-refractivity contribution in [2.75, 3.05) is 0 Å². The SMILES string of the molecule is Cc1[nH]c2ccccc2c1C(=O)Cn1cnc2c(cnn2C)c1=O. The molecule has 1 aromatic carbocycles. The van der Waals surface area contributed by atoms with Crippen LogP contribution in [-0.2, 0) is 13.6 Å². The average Bonchev–Trinajstić information content (AvgIpc) is 3.10. The largest absolute Gasteiger partial charge is 0.358 e. The molecule has 0 aliphatic heterocycles. The van der Waals surface area contributed by atoms with E-state index in [1.807, 2.05) is 31.2 Å². The summed E-state index contributed by atoms with van der Waals surface area (Å²) in [5.74, 6) is -0.128. The van der Waals surface area contributed by atoms with Crippen LogP contribution < -0.4 is 5.56 Å². The van der Waals surface area contributed by atoms with Gasteiger partial charge in [-0.15, -0.1) is 0 Å². The average molecular weight is 321 g/mol. The van der Waals surface area contributed by atoms with Gasteiger partial charge in [-0.2, -0.15) is 5.10 Å². The van der Waals surface area contributed by atoms with Crippen LogP contribution >= 0.6 is 0 Å². The minimum absolute atomic E-state index is 0.0562. The Morgan fingerprint density at radius 2 is 2.04 bits per heavy atom. The van der Waals surface area contributed by atoms with Gasteiger partial charge in [-0.25, -0.2) is 4.98 Å². The van der Waals surface area contributed by atoms with Gasteiger partial charge in [-0.3, -0.25) is 18.8 Å². The number of aryl methyl sites for hydroxylation is 2. The van der Waals surface area contributed by atoms with Gasteiger partial charge in [-0.05, 0) is 13.0 Å². The van der Waals surface area contributed by atoms with Gasteiger partial charge in [0.05, 0.1) is 12.7 Å². The monoisotopic (exact) mass is 321 g/mol. The van der Waals surface area contributed by atoms with E-state index >= 15 is 0 Å². The van der Waals surface area contributed by atoms with Gasteiger partial charge in [0.25, 0.3) is 5.56 Å². The number of para-hydroxylation sites is 1. The molecule has 0 amide bonds. The van der Waals surface area contributed by atoms with E-state index in [-0.39, 0.29) is 17.9 Å². The topological polar surface area (TPSA) is 85.6 Å². The summed E-state index contributed by atoms with van der Waals surface area (Å²) < 4.78 is 2.86. The van der Waals surface area contributed by atoms with Gasteiger partial charge in [0.15, 0.2) is 11.4 Å². The summed E-state index contributed by atoms with van der Waals surface area (Å²) in [6, 6.07) is 7.63. The molecule has 4 aromatic rings. The second-order valence-corrected chi connectivity index (χ2v) is 5.78. The number of nitrogens with one attached hydrogen (secondary N) is 1. The number of rotatable bonds is 3.